The second-order valence-corrected chi connectivity index (χ2v) is 9.64. The number of aryl methyl sites for hydroxylation is 1. The molecular weight excluding hydrogens is 390 g/mol. The number of benzene rings is 1. The van der Waals surface area contributed by atoms with Gasteiger partial charge in [0.25, 0.3) is 5.91 Å². The molecule has 0 saturated carbocycles. The molecule has 1 fully saturated rings. The Morgan fingerprint density at radius 2 is 2.18 bits per heavy atom. The summed E-state index contributed by atoms with van der Waals surface area (Å²) in [6, 6.07) is 7.77. The minimum absolute atomic E-state index is 0.0451. The van der Waals surface area contributed by atoms with Gasteiger partial charge in [-0.1, -0.05) is 13.8 Å². The van der Waals surface area contributed by atoms with E-state index in [2.05, 4.69) is 34.4 Å². The molecule has 1 amide bonds. The van der Waals surface area contributed by atoms with Crippen molar-refractivity contribution in [3.8, 4) is 0 Å². The Hall–Kier alpha value is -1.41. The average Bonchev–Trinajstić information content (AvgIpc) is 3.10. The number of nitrogens with one attached hydrogen (secondary N) is 1. The molecule has 1 aromatic heterocycles. The van der Waals surface area contributed by atoms with Crippen LogP contribution in [0.5, 0.6) is 0 Å². The predicted molar refractivity (Wildman–Crippen MR) is 116 cm³/mol. The van der Waals surface area contributed by atoms with Crippen LogP contribution in [0.15, 0.2) is 34.5 Å². The second kappa shape index (κ2) is 10.4. The van der Waals surface area contributed by atoms with Gasteiger partial charge in [-0.05, 0) is 37.1 Å². The normalized spacial score (nSPS) is 17.8. The summed E-state index contributed by atoms with van der Waals surface area (Å²) in [7, 11) is 0. The van der Waals surface area contributed by atoms with E-state index in [9.17, 15) is 4.79 Å². The van der Waals surface area contributed by atoms with Gasteiger partial charge in [0.1, 0.15) is 0 Å². The van der Waals surface area contributed by atoms with Gasteiger partial charge < -0.3 is 10.1 Å². The van der Waals surface area contributed by atoms with Crippen LogP contribution in [0.3, 0.4) is 0 Å². The fourth-order valence-electron chi connectivity index (χ4n) is 3.23. The van der Waals surface area contributed by atoms with E-state index in [1.807, 2.05) is 31.2 Å². The van der Waals surface area contributed by atoms with E-state index in [-0.39, 0.29) is 12.0 Å². The summed E-state index contributed by atoms with van der Waals surface area (Å²) in [6.45, 7) is 10.7. The highest BCUT2D eigenvalue weighted by Gasteiger charge is 2.21. The fraction of sp³-hybridized carbons (Fsp3) is 0.524. The summed E-state index contributed by atoms with van der Waals surface area (Å²) in [6.07, 6.45) is 0.0628. The van der Waals surface area contributed by atoms with E-state index >= 15 is 0 Å². The summed E-state index contributed by atoms with van der Waals surface area (Å²) in [5.41, 5.74) is 1.79. The molecule has 0 bridgehead atoms. The Kier molecular flexibility index (Phi) is 7.91. The van der Waals surface area contributed by atoms with Gasteiger partial charge in [0, 0.05) is 47.8 Å². The minimum atomic E-state index is -0.0451. The smallest absolute Gasteiger partial charge is 0.251 e. The van der Waals surface area contributed by atoms with Gasteiger partial charge in [-0.2, -0.15) is 0 Å². The molecule has 28 heavy (non-hydrogen) atoms. The van der Waals surface area contributed by atoms with Crippen LogP contribution >= 0.6 is 23.1 Å². The van der Waals surface area contributed by atoms with Crippen LogP contribution in [0.25, 0.3) is 0 Å². The fourth-order valence-corrected chi connectivity index (χ4v) is 4.74. The molecule has 1 aliphatic heterocycles. The van der Waals surface area contributed by atoms with Crippen molar-refractivity contribution in [1.82, 2.24) is 15.2 Å². The molecule has 1 saturated heterocycles. The predicted octanol–water partition coefficient (Wildman–Crippen LogP) is 3.83. The highest BCUT2D eigenvalue weighted by Crippen LogP contribution is 2.23. The zero-order valence-electron chi connectivity index (χ0n) is 16.8. The number of morpholine rings is 1. The number of ether oxygens (including phenoxy) is 1. The Bertz CT molecular complexity index is 761. The number of hydrogen-bond acceptors (Lipinski definition) is 6. The summed E-state index contributed by atoms with van der Waals surface area (Å²) in [4.78, 5) is 20.5. The average molecular weight is 420 g/mol. The van der Waals surface area contributed by atoms with Gasteiger partial charge in [0.15, 0.2) is 0 Å². The summed E-state index contributed by atoms with van der Waals surface area (Å²) >= 11 is 3.41. The summed E-state index contributed by atoms with van der Waals surface area (Å²) in [5.74, 6) is 1.45. The van der Waals surface area contributed by atoms with Crippen molar-refractivity contribution in [3.63, 3.8) is 0 Å². The maximum absolute atomic E-state index is 12.4. The molecule has 5 nitrogen and oxygen atoms in total. The van der Waals surface area contributed by atoms with Crippen LogP contribution < -0.4 is 5.32 Å². The molecule has 3 rings (SSSR count). The largest absolute Gasteiger partial charge is 0.374 e. The molecule has 1 aliphatic rings. The number of nitrogens with zero attached hydrogens (tertiary/aromatic N) is 2. The third-order valence-corrected chi connectivity index (χ3v) is 6.37. The Balaban J connectivity index is 1.44. The third kappa shape index (κ3) is 6.58. The first-order chi connectivity index (χ1) is 13.5. The van der Waals surface area contributed by atoms with Gasteiger partial charge in [0.05, 0.1) is 23.4 Å². The first kappa shape index (κ1) is 21.3. The number of amides is 1. The monoisotopic (exact) mass is 419 g/mol. The zero-order valence-corrected chi connectivity index (χ0v) is 18.4. The van der Waals surface area contributed by atoms with Gasteiger partial charge in [-0.25, -0.2) is 4.98 Å². The van der Waals surface area contributed by atoms with Gasteiger partial charge >= 0.3 is 0 Å². The molecule has 7 heteroatoms. The number of thioether (sulfide) groups is 1. The highest BCUT2D eigenvalue weighted by molar-refractivity contribution is 7.98. The number of carbonyl (C=O) groups is 1. The molecule has 1 atom stereocenters. The first-order valence-electron chi connectivity index (χ1n) is 9.75. The number of carbonyl (C=O) groups excluding carboxylic acids is 1. The Labute approximate surface area is 175 Å². The first-order valence-corrected chi connectivity index (χ1v) is 11.6. The number of thiazole rings is 1. The maximum atomic E-state index is 12.4. The molecule has 2 heterocycles. The van der Waals surface area contributed by atoms with Crippen LogP contribution in [0.2, 0.25) is 0 Å². The number of aromatic nitrogens is 1. The lowest BCUT2D eigenvalue weighted by atomic mass is 10.1. The molecule has 1 aromatic carbocycles. The van der Waals surface area contributed by atoms with Crippen molar-refractivity contribution in [2.45, 2.75) is 37.5 Å². The molecule has 0 spiro atoms. The van der Waals surface area contributed by atoms with Crippen LogP contribution in [0.1, 0.15) is 34.9 Å². The molecule has 0 aliphatic carbocycles. The molecule has 0 unspecified atom stereocenters. The van der Waals surface area contributed by atoms with E-state index in [0.29, 0.717) is 18.0 Å². The minimum Gasteiger partial charge on any atom is -0.374 e. The lowest BCUT2D eigenvalue weighted by molar-refractivity contribution is -0.0295. The Morgan fingerprint density at radius 1 is 1.39 bits per heavy atom. The molecule has 1 N–H and O–H groups in total. The number of rotatable bonds is 8. The second-order valence-electron chi connectivity index (χ2n) is 7.53. The van der Waals surface area contributed by atoms with Crippen LogP contribution in [-0.2, 0) is 10.5 Å². The topological polar surface area (TPSA) is 54.5 Å². The van der Waals surface area contributed by atoms with Crippen molar-refractivity contribution in [3.05, 3.63) is 45.9 Å². The van der Waals surface area contributed by atoms with Crippen molar-refractivity contribution >= 4 is 29.0 Å². The molecule has 2 aromatic rings. The van der Waals surface area contributed by atoms with E-state index in [1.54, 1.807) is 23.1 Å². The maximum Gasteiger partial charge on any atom is 0.251 e. The molecular formula is C21H29N3O2S2. The molecule has 152 valence electrons. The zero-order chi connectivity index (χ0) is 19.9. The van der Waals surface area contributed by atoms with Gasteiger partial charge in [-0.3, -0.25) is 9.69 Å². The van der Waals surface area contributed by atoms with E-state index in [4.69, 9.17) is 4.74 Å². The summed E-state index contributed by atoms with van der Waals surface area (Å²) < 4.78 is 5.81. The van der Waals surface area contributed by atoms with E-state index < -0.39 is 0 Å². The van der Waals surface area contributed by atoms with Gasteiger partial charge in [-0.15, -0.1) is 23.1 Å². The lowest BCUT2D eigenvalue weighted by Gasteiger charge is -2.33. The van der Waals surface area contributed by atoms with E-state index in [0.717, 1.165) is 47.6 Å². The molecule has 0 radical (unpaired) electrons. The lowest BCUT2D eigenvalue weighted by Crippen LogP contribution is -2.48. The van der Waals surface area contributed by atoms with Crippen molar-refractivity contribution in [2.75, 3.05) is 32.8 Å². The summed E-state index contributed by atoms with van der Waals surface area (Å²) in [5, 5.41) is 6.21. The van der Waals surface area contributed by atoms with Crippen LogP contribution in [0, 0.1) is 12.8 Å². The van der Waals surface area contributed by atoms with Crippen molar-refractivity contribution in [2.24, 2.45) is 5.92 Å². The SMILES string of the molecule is Cc1nc(CSc2ccc(C(=O)NC[C@@H]3CN(CC(C)C)CCO3)cc2)cs1. The van der Waals surface area contributed by atoms with E-state index in [1.165, 1.54) is 0 Å². The van der Waals surface area contributed by atoms with Crippen LogP contribution in [0.4, 0.5) is 0 Å². The third-order valence-electron chi connectivity index (χ3n) is 4.51. The van der Waals surface area contributed by atoms with Crippen molar-refractivity contribution < 1.29 is 9.53 Å². The highest BCUT2D eigenvalue weighted by atomic mass is 32.2. The van der Waals surface area contributed by atoms with Crippen molar-refractivity contribution in [1.29, 1.82) is 0 Å². The Morgan fingerprint density at radius 3 is 2.86 bits per heavy atom. The number of hydrogen-bond donors (Lipinski definition) is 1. The standard InChI is InChI=1S/C21H29N3O2S2/c1-15(2)11-24-8-9-26-19(12-24)10-22-21(25)17-4-6-20(7-5-17)28-14-18-13-27-16(3)23-18/h4-7,13,15,19H,8-12,14H2,1-3H3,(H,22,25)/t19-/m1/s1. The van der Waals surface area contributed by atoms with Gasteiger partial charge in [0.2, 0.25) is 0 Å². The quantitative estimate of drug-likeness (QED) is 0.659. The van der Waals surface area contributed by atoms with Crippen LogP contribution in [-0.4, -0.2) is 54.7 Å².